The minimum atomic E-state index is -1.00. The average molecular weight is 172 g/mol. The lowest BCUT2D eigenvalue weighted by molar-refractivity contribution is -0.0723. The Morgan fingerprint density at radius 1 is 1.25 bits per heavy atom. The number of fused-ring (bicyclic) bond motifs is 2. The summed E-state index contributed by atoms with van der Waals surface area (Å²) in [6.45, 7) is 1.68. The summed E-state index contributed by atoms with van der Waals surface area (Å²) in [5, 5.41) is 9.75. The fourth-order valence-electron chi connectivity index (χ4n) is 2.99. The van der Waals surface area contributed by atoms with Crippen molar-refractivity contribution in [3.05, 3.63) is 0 Å². The van der Waals surface area contributed by atoms with Gasteiger partial charge >= 0.3 is 0 Å². The summed E-state index contributed by atoms with van der Waals surface area (Å²) in [5.74, 6) is 0.486. The first kappa shape index (κ1) is 8.49. The molecule has 0 aromatic rings. The highest BCUT2D eigenvalue weighted by molar-refractivity contribution is 4.95. The first-order valence-electron chi connectivity index (χ1n) is 4.95. The van der Waals surface area contributed by atoms with Crippen molar-refractivity contribution in [2.24, 2.45) is 11.8 Å². The fourth-order valence-corrected chi connectivity index (χ4v) is 2.99. The number of rotatable bonds is 0. The highest BCUT2D eigenvalue weighted by Gasteiger charge is 2.44. The van der Waals surface area contributed by atoms with Gasteiger partial charge in [0.1, 0.15) is 5.67 Å². The van der Waals surface area contributed by atoms with Gasteiger partial charge in [-0.05, 0) is 44.4 Å². The second kappa shape index (κ2) is 2.69. The molecule has 0 aromatic heterocycles. The Morgan fingerprint density at radius 2 is 1.75 bits per heavy atom. The van der Waals surface area contributed by atoms with Crippen LogP contribution < -0.4 is 0 Å². The van der Waals surface area contributed by atoms with Crippen molar-refractivity contribution in [1.29, 1.82) is 0 Å². The zero-order chi connectivity index (χ0) is 8.77. The van der Waals surface area contributed by atoms with Gasteiger partial charge in [-0.3, -0.25) is 0 Å². The van der Waals surface area contributed by atoms with Crippen LogP contribution in [0.5, 0.6) is 0 Å². The summed E-state index contributed by atoms with van der Waals surface area (Å²) < 4.78 is 13.7. The molecule has 2 atom stereocenters. The van der Waals surface area contributed by atoms with Crippen LogP contribution in [-0.4, -0.2) is 16.9 Å². The third-order valence-electron chi connectivity index (χ3n) is 3.49. The molecular formula is C10H17FO. The molecule has 1 N–H and O–H groups in total. The van der Waals surface area contributed by atoms with Crippen LogP contribution in [0.3, 0.4) is 0 Å². The highest BCUT2D eigenvalue weighted by atomic mass is 19.1. The highest BCUT2D eigenvalue weighted by Crippen LogP contribution is 2.45. The first-order chi connectivity index (χ1) is 5.58. The van der Waals surface area contributed by atoms with Gasteiger partial charge in [0.25, 0.3) is 0 Å². The lowest BCUT2D eigenvalue weighted by Gasteiger charge is -2.44. The van der Waals surface area contributed by atoms with Crippen LogP contribution in [-0.2, 0) is 0 Å². The maximum atomic E-state index is 13.7. The fraction of sp³-hybridized carbons (Fsp3) is 1.00. The number of hydrogen-bond acceptors (Lipinski definition) is 1. The number of aliphatic hydroxyl groups excluding tert-OH is 1. The standard InChI is InChI=1S/C10H17FO/c1-10(11)5-7-3-2-4-8(6-10)9(7)12/h7-9,12H,2-6H2,1H3. The minimum Gasteiger partial charge on any atom is -0.393 e. The van der Waals surface area contributed by atoms with E-state index >= 15 is 0 Å². The molecule has 2 rings (SSSR count). The molecule has 0 aromatic carbocycles. The summed E-state index contributed by atoms with van der Waals surface area (Å²) in [4.78, 5) is 0. The van der Waals surface area contributed by atoms with E-state index in [-0.39, 0.29) is 17.9 Å². The van der Waals surface area contributed by atoms with Gasteiger partial charge < -0.3 is 5.11 Å². The maximum Gasteiger partial charge on any atom is 0.109 e. The van der Waals surface area contributed by atoms with E-state index < -0.39 is 5.67 Å². The summed E-state index contributed by atoms with van der Waals surface area (Å²) in [7, 11) is 0. The zero-order valence-electron chi connectivity index (χ0n) is 7.59. The van der Waals surface area contributed by atoms with E-state index in [1.165, 1.54) is 6.42 Å². The monoisotopic (exact) mass is 172 g/mol. The number of aliphatic hydroxyl groups is 1. The Hall–Kier alpha value is -0.110. The lowest BCUT2D eigenvalue weighted by Crippen LogP contribution is -2.45. The molecule has 70 valence electrons. The molecule has 2 unspecified atom stereocenters. The first-order valence-corrected chi connectivity index (χ1v) is 4.95. The lowest BCUT2D eigenvalue weighted by atomic mass is 9.65. The molecule has 0 aliphatic heterocycles. The van der Waals surface area contributed by atoms with Gasteiger partial charge in [0, 0.05) is 0 Å². The van der Waals surface area contributed by atoms with Crippen molar-refractivity contribution in [3.63, 3.8) is 0 Å². The van der Waals surface area contributed by atoms with Crippen molar-refractivity contribution < 1.29 is 9.50 Å². The molecule has 12 heavy (non-hydrogen) atoms. The third kappa shape index (κ3) is 1.37. The van der Waals surface area contributed by atoms with E-state index in [0.29, 0.717) is 12.8 Å². The molecular weight excluding hydrogens is 155 g/mol. The SMILES string of the molecule is CC1(F)CC2CCCC(C1)C2O. The molecule has 2 saturated carbocycles. The van der Waals surface area contributed by atoms with Crippen molar-refractivity contribution in [2.45, 2.75) is 50.8 Å². The summed E-state index contributed by atoms with van der Waals surface area (Å²) in [5.41, 5.74) is -1.00. The van der Waals surface area contributed by atoms with E-state index in [1.807, 2.05) is 0 Å². The predicted molar refractivity (Wildman–Crippen MR) is 45.6 cm³/mol. The van der Waals surface area contributed by atoms with Gasteiger partial charge in [-0.1, -0.05) is 6.42 Å². The van der Waals surface area contributed by atoms with Gasteiger partial charge in [-0.25, -0.2) is 4.39 Å². The molecule has 2 fully saturated rings. The second-order valence-electron chi connectivity index (χ2n) is 4.76. The Balaban J connectivity index is 2.12. The van der Waals surface area contributed by atoms with E-state index in [9.17, 15) is 9.50 Å². The quantitative estimate of drug-likeness (QED) is 0.594. The molecule has 2 aliphatic rings. The number of halogens is 1. The topological polar surface area (TPSA) is 20.2 Å². The molecule has 2 aliphatic carbocycles. The Kier molecular flexibility index (Phi) is 1.90. The van der Waals surface area contributed by atoms with Crippen LogP contribution >= 0.6 is 0 Å². The second-order valence-corrected chi connectivity index (χ2v) is 4.76. The van der Waals surface area contributed by atoms with Crippen LogP contribution in [0.25, 0.3) is 0 Å². The molecule has 0 radical (unpaired) electrons. The van der Waals surface area contributed by atoms with Gasteiger partial charge in [-0.2, -0.15) is 0 Å². The Labute approximate surface area is 73.0 Å². The van der Waals surface area contributed by atoms with E-state index in [0.717, 1.165) is 12.8 Å². The predicted octanol–water partition coefficient (Wildman–Crippen LogP) is 2.29. The maximum absolute atomic E-state index is 13.7. The number of hydrogen-bond donors (Lipinski definition) is 1. The Bertz CT molecular complexity index is 163. The molecule has 0 amide bonds. The molecule has 0 heterocycles. The van der Waals surface area contributed by atoms with Crippen LogP contribution in [0, 0.1) is 11.8 Å². The van der Waals surface area contributed by atoms with Crippen LogP contribution in [0.1, 0.15) is 39.0 Å². The molecule has 0 saturated heterocycles. The van der Waals surface area contributed by atoms with E-state index in [4.69, 9.17) is 0 Å². The summed E-state index contributed by atoms with van der Waals surface area (Å²) >= 11 is 0. The van der Waals surface area contributed by atoms with Gasteiger partial charge in [-0.15, -0.1) is 0 Å². The smallest absolute Gasteiger partial charge is 0.109 e. The van der Waals surface area contributed by atoms with E-state index in [1.54, 1.807) is 6.92 Å². The van der Waals surface area contributed by atoms with E-state index in [2.05, 4.69) is 0 Å². The van der Waals surface area contributed by atoms with Gasteiger partial charge in [0.2, 0.25) is 0 Å². The Morgan fingerprint density at radius 3 is 2.25 bits per heavy atom. The average Bonchev–Trinajstić information content (AvgIpc) is 1.92. The largest absolute Gasteiger partial charge is 0.393 e. The van der Waals surface area contributed by atoms with Crippen molar-refractivity contribution in [2.75, 3.05) is 0 Å². The summed E-state index contributed by atoms with van der Waals surface area (Å²) in [6, 6.07) is 0. The van der Waals surface area contributed by atoms with Crippen LogP contribution in [0.15, 0.2) is 0 Å². The van der Waals surface area contributed by atoms with Crippen molar-refractivity contribution in [3.8, 4) is 0 Å². The molecule has 2 bridgehead atoms. The number of alkyl halides is 1. The summed E-state index contributed by atoms with van der Waals surface area (Å²) in [6.07, 6.45) is 4.18. The van der Waals surface area contributed by atoms with Gasteiger partial charge in [0.15, 0.2) is 0 Å². The third-order valence-corrected chi connectivity index (χ3v) is 3.49. The van der Waals surface area contributed by atoms with Crippen LogP contribution in [0.2, 0.25) is 0 Å². The van der Waals surface area contributed by atoms with Gasteiger partial charge in [0.05, 0.1) is 6.10 Å². The van der Waals surface area contributed by atoms with Crippen molar-refractivity contribution in [1.82, 2.24) is 0 Å². The minimum absolute atomic E-state index is 0.206. The normalized spacial score (nSPS) is 53.8. The molecule has 0 spiro atoms. The zero-order valence-corrected chi connectivity index (χ0v) is 7.59. The van der Waals surface area contributed by atoms with Crippen molar-refractivity contribution >= 4 is 0 Å². The van der Waals surface area contributed by atoms with Crippen LogP contribution in [0.4, 0.5) is 4.39 Å². The molecule has 2 heteroatoms. The molecule has 1 nitrogen and oxygen atoms in total.